The van der Waals surface area contributed by atoms with Crippen LogP contribution < -0.4 is 0 Å². The summed E-state index contributed by atoms with van der Waals surface area (Å²) in [6, 6.07) is 5.41. The van der Waals surface area contributed by atoms with E-state index < -0.39 is 0 Å². The van der Waals surface area contributed by atoms with Crippen molar-refractivity contribution in [2.75, 3.05) is 13.1 Å². The van der Waals surface area contributed by atoms with Crippen LogP contribution in [-0.4, -0.2) is 23.9 Å². The second-order valence-electron chi connectivity index (χ2n) is 5.63. The molecule has 1 amide bonds. The van der Waals surface area contributed by atoms with Gasteiger partial charge in [-0.05, 0) is 52.4 Å². The molecule has 0 atom stereocenters. The summed E-state index contributed by atoms with van der Waals surface area (Å²) in [7, 11) is 0. The zero-order valence-electron chi connectivity index (χ0n) is 12.1. The van der Waals surface area contributed by atoms with Crippen LogP contribution in [0.1, 0.15) is 49.9 Å². The monoisotopic (exact) mass is 357 g/mol. The molecule has 0 aliphatic carbocycles. The first-order chi connectivity index (χ1) is 9.51. The molecule has 2 rings (SSSR count). The number of hydrogen-bond acceptors (Lipinski definition) is 1. The smallest absolute Gasteiger partial charge is 0.253 e. The van der Waals surface area contributed by atoms with Crippen molar-refractivity contribution in [3.05, 3.63) is 33.3 Å². The second-order valence-corrected chi connectivity index (χ2v) is 6.89. The molecule has 0 spiro atoms. The lowest BCUT2D eigenvalue weighted by molar-refractivity contribution is 0.0558. The van der Waals surface area contributed by atoms with Crippen LogP contribution in [0, 0.1) is 5.41 Å². The van der Waals surface area contributed by atoms with E-state index in [0.29, 0.717) is 16.0 Å². The summed E-state index contributed by atoms with van der Waals surface area (Å²) >= 11 is 9.42. The van der Waals surface area contributed by atoms with Crippen molar-refractivity contribution in [3.63, 3.8) is 0 Å². The molecule has 2 nitrogen and oxygen atoms in total. The maximum atomic E-state index is 12.5. The van der Waals surface area contributed by atoms with Gasteiger partial charge in [0.15, 0.2) is 0 Å². The fourth-order valence-electron chi connectivity index (χ4n) is 2.95. The maximum absolute atomic E-state index is 12.5. The molecule has 1 saturated heterocycles. The van der Waals surface area contributed by atoms with Gasteiger partial charge in [0.2, 0.25) is 0 Å². The number of carbonyl (C=O) groups excluding carboxylic acids is 1. The van der Waals surface area contributed by atoms with E-state index in [-0.39, 0.29) is 5.91 Å². The molecule has 0 N–H and O–H groups in total. The van der Waals surface area contributed by atoms with Gasteiger partial charge in [-0.15, -0.1) is 0 Å². The number of rotatable bonds is 3. The van der Waals surface area contributed by atoms with E-state index >= 15 is 0 Å². The summed E-state index contributed by atoms with van der Waals surface area (Å²) in [4.78, 5) is 14.5. The Kier molecular flexibility index (Phi) is 5.14. The third kappa shape index (κ3) is 3.20. The van der Waals surface area contributed by atoms with Crippen molar-refractivity contribution in [2.24, 2.45) is 5.41 Å². The Labute approximate surface area is 134 Å². The zero-order chi connectivity index (χ0) is 14.8. The Bertz CT molecular complexity index is 489. The van der Waals surface area contributed by atoms with Gasteiger partial charge in [0.05, 0.1) is 5.02 Å². The molecule has 1 aliphatic heterocycles. The van der Waals surface area contributed by atoms with Crippen molar-refractivity contribution < 1.29 is 4.79 Å². The third-order valence-corrected chi connectivity index (χ3v) is 6.01. The van der Waals surface area contributed by atoms with Crippen molar-refractivity contribution in [1.29, 1.82) is 0 Å². The van der Waals surface area contributed by atoms with Gasteiger partial charge in [-0.25, -0.2) is 0 Å². The van der Waals surface area contributed by atoms with Gasteiger partial charge in [0.25, 0.3) is 5.91 Å². The van der Waals surface area contributed by atoms with E-state index in [9.17, 15) is 4.79 Å². The van der Waals surface area contributed by atoms with Crippen molar-refractivity contribution in [2.45, 2.75) is 39.5 Å². The Morgan fingerprint density at radius 3 is 2.40 bits per heavy atom. The summed E-state index contributed by atoms with van der Waals surface area (Å²) in [6.07, 6.45) is 4.62. The topological polar surface area (TPSA) is 20.3 Å². The van der Waals surface area contributed by atoms with Crippen LogP contribution in [0.4, 0.5) is 0 Å². The van der Waals surface area contributed by atoms with E-state index in [4.69, 9.17) is 11.6 Å². The molecule has 1 aliphatic rings. The first-order valence-electron chi connectivity index (χ1n) is 7.25. The van der Waals surface area contributed by atoms with E-state index in [1.165, 1.54) is 12.8 Å². The third-order valence-electron chi connectivity index (χ3n) is 4.78. The largest absolute Gasteiger partial charge is 0.339 e. The van der Waals surface area contributed by atoms with Crippen LogP contribution in [-0.2, 0) is 0 Å². The molecule has 20 heavy (non-hydrogen) atoms. The molecule has 4 heteroatoms. The van der Waals surface area contributed by atoms with Crippen LogP contribution in [0.2, 0.25) is 5.02 Å². The molecule has 110 valence electrons. The average Bonchev–Trinajstić information content (AvgIpc) is 2.49. The number of halogens is 2. The van der Waals surface area contributed by atoms with Gasteiger partial charge >= 0.3 is 0 Å². The van der Waals surface area contributed by atoms with Crippen LogP contribution in [0.15, 0.2) is 22.7 Å². The predicted octanol–water partition coefficient (Wildman–Crippen LogP) is 5.14. The highest BCUT2D eigenvalue weighted by Crippen LogP contribution is 2.38. The summed E-state index contributed by atoms with van der Waals surface area (Å²) in [6.45, 7) is 6.23. The molecule has 1 aromatic carbocycles. The molecule has 0 radical (unpaired) electrons. The van der Waals surface area contributed by atoms with Gasteiger partial charge in [-0.3, -0.25) is 4.79 Å². The van der Waals surface area contributed by atoms with Crippen LogP contribution in [0.5, 0.6) is 0 Å². The number of benzene rings is 1. The van der Waals surface area contributed by atoms with Gasteiger partial charge in [-0.1, -0.05) is 38.3 Å². The first kappa shape index (κ1) is 15.8. The predicted molar refractivity (Wildman–Crippen MR) is 87.3 cm³/mol. The van der Waals surface area contributed by atoms with E-state index in [1.54, 1.807) is 6.07 Å². The van der Waals surface area contributed by atoms with E-state index in [2.05, 4.69) is 29.8 Å². The zero-order valence-corrected chi connectivity index (χ0v) is 14.4. The van der Waals surface area contributed by atoms with E-state index in [0.717, 1.165) is 30.4 Å². The Morgan fingerprint density at radius 2 is 1.90 bits per heavy atom. The number of piperidine rings is 1. The minimum absolute atomic E-state index is 0.0974. The summed E-state index contributed by atoms with van der Waals surface area (Å²) < 4.78 is 0.824. The number of likely N-dealkylation sites (tertiary alicyclic amines) is 1. The lowest BCUT2D eigenvalue weighted by Gasteiger charge is -2.41. The number of carbonyl (C=O) groups is 1. The SMILES string of the molecule is CCC1(CC)CCN(C(=O)c2ccc(Br)c(Cl)c2)CC1. The van der Waals surface area contributed by atoms with Crippen molar-refractivity contribution >= 4 is 33.4 Å². The van der Waals surface area contributed by atoms with E-state index in [1.807, 2.05) is 17.0 Å². The Balaban J connectivity index is 2.06. The second kappa shape index (κ2) is 6.48. The minimum Gasteiger partial charge on any atom is -0.339 e. The fraction of sp³-hybridized carbons (Fsp3) is 0.562. The fourth-order valence-corrected chi connectivity index (χ4v) is 3.38. The van der Waals surface area contributed by atoms with Crippen LogP contribution in [0.25, 0.3) is 0 Å². The number of amides is 1. The highest BCUT2D eigenvalue weighted by molar-refractivity contribution is 9.10. The highest BCUT2D eigenvalue weighted by Gasteiger charge is 2.33. The summed E-state index contributed by atoms with van der Waals surface area (Å²) in [5, 5.41) is 0.587. The van der Waals surface area contributed by atoms with Gasteiger partial charge in [0.1, 0.15) is 0 Å². The summed E-state index contributed by atoms with van der Waals surface area (Å²) in [5.74, 6) is 0.0974. The number of hydrogen-bond donors (Lipinski definition) is 0. The Hall–Kier alpha value is -0.540. The molecule has 0 saturated carbocycles. The van der Waals surface area contributed by atoms with Gasteiger partial charge in [-0.2, -0.15) is 0 Å². The molecule has 1 fully saturated rings. The Morgan fingerprint density at radius 1 is 1.30 bits per heavy atom. The van der Waals surface area contributed by atoms with Gasteiger partial charge < -0.3 is 4.90 Å². The average molecular weight is 359 g/mol. The molecule has 0 unspecified atom stereocenters. The van der Waals surface area contributed by atoms with Crippen molar-refractivity contribution in [1.82, 2.24) is 4.90 Å². The number of nitrogens with zero attached hydrogens (tertiary/aromatic N) is 1. The lowest BCUT2D eigenvalue weighted by Crippen LogP contribution is -2.42. The maximum Gasteiger partial charge on any atom is 0.253 e. The van der Waals surface area contributed by atoms with Crippen LogP contribution in [0.3, 0.4) is 0 Å². The van der Waals surface area contributed by atoms with Gasteiger partial charge in [0, 0.05) is 23.1 Å². The quantitative estimate of drug-likeness (QED) is 0.732. The van der Waals surface area contributed by atoms with Crippen molar-refractivity contribution in [3.8, 4) is 0 Å². The summed E-state index contributed by atoms with van der Waals surface area (Å²) in [5.41, 5.74) is 1.12. The standard InChI is InChI=1S/C16H21BrClNO/c1-3-16(4-2)7-9-19(10-8-16)15(20)12-5-6-13(17)14(18)11-12/h5-6,11H,3-4,7-10H2,1-2H3. The molecular weight excluding hydrogens is 338 g/mol. The minimum atomic E-state index is 0.0974. The van der Waals surface area contributed by atoms with Crippen LogP contribution >= 0.6 is 27.5 Å². The lowest BCUT2D eigenvalue weighted by atomic mass is 9.74. The molecule has 0 bridgehead atoms. The molecular formula is C16H21BrClNO. The normalized spacial score (nSPS) is 18.1. The molecule has 1 aromatic rings. The highest BCUT2D eigenvalue weighted by atomic mass is 79.9. The molecule has 1 heterocycles. The molecule has 0 aromatic heterocycles. The first-order valence-corrected chi connectivity index (χ1v) is 8.43.